The van der Waals surface area contributed by atoms with Crippen LogP contribution in [0.3, 0.4) is 0 Å². The SMILES string of the molecule is O=C(NCc1ccc(F)cc1)N1CCC2(CC1)C[C@H](O)c1cc(F)ccc1N2. The molecule has 4 rings (SSSR count). The Morgan fingerprint density at radius 2 is 1.82 bits per heavy atom. The molecule has 0 unspecified atom stereocenters. The van der Waals surface area contributed by atoms with Crippen molar-refractivity contribution in [3.05, 3.63) is 65.2 Å². The Kier molecular flexibility index (Phi) is 4.93. The minimum atomic E-state index is -0.717. The zero-order valence-electron chi connectivity index (χ0n) is 15.4. The molecule has 2 aromatic rings. The Morgan fingerprint density at radius 3 is 2.54 bits per heavy atom. The molecule has 1 saturated heterocycles. The maximum absolute atomic E-state index is 13.4. The summed E-state index contributed by atoms with van der Waals surface area (Å²) in [6.45, 7) is 1.47. The van der Waals surface area contributed by atoms with Crippen molar-refractivity contribution in [2.75, 3.05) is 18.4 Å². The maximum atomic E-state index is 13.4. The molecule has 0 bridgehead atoms. The van der Waals surface area contributed by atoms with Gasteiger partial charge >= 0.3 is 6.03 Å². The van der Waals surface area contributed by atoms with E-state index in [2.05, 4.69) is 10.6 Å². The van der Waals surface area contributed by atoms with Gasteiger partial charge in [0.1, 0.15) is 11.6 Å². The van der Waals surface area contributed by atoms with E-state index >= 15 is 0 Å². The Labute approximate surface area is 162 Å². The topological polar surface area (TPSA) is 64.6 Å². The van der Waals surface area contributed by atoms with Crippen LogP contribution in [0.25, 0.3) is 0 Å². The predicted octanol–water partition coefficient (Wildman–Crippen LogP) is 3.56. The Bertz CT molecular complexity index is 864. The summed E-state index contributed by atoms with van der Waals surface area (Å²) in [6, 6.07) is 10.3. The van der Waals surface area contributed by atoms with Crippen LogP contribution in [0.2, 0.25) is 0 Å². The Morgan fingerprint density at radius 1 is 1.14 bits per heavy atom. The summed E-state index contributed by atoms with van der Waals surface area (Å²) in [6.07, 6.45) is 1.18. The van der Waals surface area contributed by atoms with Gasteiger partial charge in [-0.15, -0.1) is 0 Å². The van der Waals surface area contributed by atoms with E-state index in [-0.39, 0.29) is 23.2 Å². The van der Waals surface area contributed by atoms with Crippen molar-refractivity contribution in [3.8, 4) is 0 Å². The second-order valence-corrected chi connectivity index (χ2v) is 7.63. The van der Waals surface area contributed by atoms with Crippen molar-refractivity contribution < 1.29 is 18.7 Å². The molecule has 2 heterocycles. The van der Waals surface area contributed by atoms with E-state index in [0.29, 0.717) is 44.5 Å². The van der Waals surface area contributed by atoms with Crippen LogP contribution in [-0.2, 0) is 6.54 Å². The number of fused-ring (bicyclic) bond motifs is 1. The molecule has 5 nitrogen and oxygen atoms in total. The Hall–Kier alpha value is -2.67. The number of hydrogen-bond acceptors (Lipinski definition) is 3. The van der Waals surface area contributed by atoms with Crippen LogP contribution in [0.4, 0.5) is 19.3 Å². The molecule has 2 aromatic carbocycles. The maximum Gasteiger partial charge on any atom is 0.317 e. The molecule has 1 atom stereocenters. The summed E-state index contributed by atoms with van der Waals surface area (Å²) in [4.78, 5) is 14.2. The zero-order valence-corrected chi connectivity index (χ0v) is 15.4. The number of piperidine rings is 1. The van der Waals surface area contributed by atoms with E-state index in [1.54, 1.807) is 23.1 Å². The molecule has 1 fully saturated rings. The number of urea groups is 1. The minimum Gasteiger partial charge on any atom is -0.388 e. The molecule has 2 aliphatic heterocycles. The largest absolute Gasteiger partial charge is 0.388 e. The van der Waals surface area contributed by atoms with E-state index in [9.17, 15) is 18.7 Å². The highest BCUT2D eigenvalue weighted by Gasteiger charge is 2.41. The molecular formula is C21H23F2N3O2. The van der Waals surface area contributed by atoms with Gasteiger partial charge in [-0.3, -0.25) is 0 Å². The van der Waals surface area contributed by atoms with Crippen LogP contribution in [0.5, 0.6) is 0 Å². The number of amides is 2. The van der Waals surface area contributed by atoms with Crippen molar-refractivity contribution in [3.63, 3.8) is 0 Å². The van der Waals surface area contributed by atoms with Gasteiger partial charge in [0.2, 0.25) is 0 Å². The lowest BCUT2D eigenvalue weighted by Crippen LogP contribution is -2.54. The summed E-state index contributed by atoms with van der Waals surface area (Å²) >= 11 is 0. The number of aliphatic hydroxyl groups excluding tert-OH is 1. The van der Waals surface area contributed by atoms with E-state index < -0.39 is 6.10 Å². The number of rotatable bonds is 2. The molecule has 2 amide bonds. The highest BCUT2D eigenvalue weighted by molar-refractivity contribution is 5.74. The van der Waals surface area contributed by atoms with Crippen LogP contribution >= 0.6 is 0 Å². The van der Waals surface area contributed by atoms with E-state index in [1.807, 2.05) is 0 Å². The van der Waals surface area contributed by atoms with E-state index in [0.717, 1.165) is 11.3 Å². The minimum absolute atomic E-state index is 0.155. The molecule has 0 saturated carbocycles. The molecule has 2 aliphatic rings. The van der Waals surface area contributed by atoms with E-state index in [4.69, 9.17) is 0 Å². The van der Waals surface area contributed by atoms with Crippen molar-refractivity contribution in [2.24, 2.45) is 0 Å². The summed E-state index contributed by atoms with van der Waals surface area (Å²) in [5, 5.41) is 16.8. The van der Waals surface area contributed by atoms with Crippen molar-refractivity contribution in [2.45, 2.75) is 37.5 Å². The van der Waals surface area contributed by atoms with Gasteiger partial charge in [-0.05, 0) is 48.7 Å². The number of nitrogens with zero attached hydrogens (tertiary/aromatic N) is 1. The molecular weight excluding hydrogens is 364 g/mol. The smallest absolute Gasteiger partial charge is 0.317 e. The summed E-state index contributed by atoms with van der Waals surface area (Å²) in [5.41, 5.74) is 1.89. The van der Waals surface area contributed by atoms with Crippen LogP contribution < -0.4 is 10.6 Å². The number of carbonyl (C=O) groups excluding carboxylic acids is 1. The third kappa shape index (κ3) is 3.80. The van der Waals surface area contributed by atoms with Crippen LogP contribution in [-0.4, -0.2) is 34.7 Å². The van der Waals surface area contributed by atoms with Gasteiger partial charge in [-0.25, -0.2) is 13.6 Å². The van der Waals surface area contributed by atoms with Gasteiger partial charge in [0.05, 0.1) is 6.10 Å². The number of benzene rings is 2. The lowest BCUT2D eigenvalue weighted by molar-refractivity contribution is 0.0988. The van der Waals surface area contributed by atoms with Gasteiger partial charge in [0.15, 0.2) is 0 Å². The first-order valence-electron chi connectivity index (χ1n) is 9.47. The molecule has 148 valence electrons. The fourth-order valence-corrected chi connectivity index (χ4v) is 4.10. The van der Waals surface area contributed by atoms with Crippen LogP contribution in [0, 0.1) is 11.6 Å². The quantitative estimate of drug-likeness (QED) is 0.738. The molecule has 28 heavy (non-hydrogen) atoms. The predicted molar refractivity (Wildman–Crippen MR) is 102 cm³/mol. The summed E-state index contributed by atoms with van der Waals surface area (Å²) in [5.74, 6) is -0.661. The van der Waals surface area contributed by atoms with Gasteiger partial charge in [0, 0.05) is 42.8 Å². The zero-order chi connectivity index (χ0) is 19.7. The second kappa shape index (κ2) is 7.39. The average molecular weight is 387 g/mol. The van der Waals surface area contributed by atoms with Crippen molar-refractivity contribution in [1.29, 1.82) is 0 Å². The van der Waals surface area contributed by atoms with Crippen LogP contribution in [0.15, 0.2) is 42.5 Å². The van der Waals surface area contributed by atoms with E-state index in [1.165, 1.54) is 24.3 Å². The van der Waals surface area contributed by atoms with Gasteiger partial charge < -0.3 is 20.6 Å². The van der Waals surface area contributed by atoms with Gasteiger partial charge in [0.25, 0.3) is 0 Å². The number of halogens is 2. The third-order valence-electron chi connectivity index (χ3n) is 5.72. The third-order valence-corrected chi connectivity index (χ3v) is 5.72. The van der Waals surface area contributed by atoms with Crippen molar-refractivity contribution in [1.82, 2.24) is 10.2 Å². The number of nitrogens with one attached hydrogen (secondary N) is 2. The molecule has 3 N–H and O–H groups in total. The highest BCUT2D eigenvalue weighted by Crippen LogP contribution is 2.42. The number of carbonyl (C=O) groups is 1. The number of likely N-dealkylation sites (tertiary alicyclic amines) is 1. The molecule has 0 aromatic heterocycles. The first-order chi connectivity index (χ1) is 13.4. The molecule has 0 radical (unpaired) electrons. The number of hydrogen-bond donors (Lipinski definition) is 3. The molecule has 1 spiro atoms. The molecule has 0 aliphatic carbocycles. The number of aliphatic hydroxyl groups is 1. The lowest BCUT2D eigenvalue weighted by Gasteiger charge is -2.47. The van der Waals surface area contributed by atoms with Gasteiger partial charge in [-0.2, -0.15) is 0 Å². The fourth-order valence-electron chi connectivity index (χ4n) is 4.10. The highest BCUT2D eigenvalue weighted by atomic mass is 19.1. The standard InChI is InChI=1S/C21H23F2N3O2/c22-15-3-1-14(2-4-15)13-24-20(28)26-9-7-21(8-10-26)12-19(27)17-11-16(23)5-6-18(17)25-21/h1-6,11,19,25,27H,7-10,12-13H2,(H,24,28)/t19-/m0/s1. The second-order valence-electron chi connectivity index (χ2n) is 7.63. The monoisotopic (exact) mass is 387 g/mol. The fraction of sp³-hybridized carbons (Fsp3) is 0.381. The lowest BCUT2D eigenvalue weighted by atomic mass is 9.77. The molecule has 7 heteroatoms. The Balaban J connectivity index is 1.34. The average Bonchev–Trinajstić information content (AvgIpc) is 2.69. The summed E-state index contributed by atoms with van der Waals surface area (Å²) < 4.78 is 26.4. The number of anilines is 1. The first-order valence-corrected chi connectivity index (χ1v) is 9.47. The van der Waals surface area contributed by atoms with Crippen molar-refractivity contribution >= 4 is 11.7 Å². The van der Waals surface area contributed by atoms with Gasteiger partial charge in [-0.1, -0.05) is 12.1 Å². The summed E-state index contributed by atoms with van der Waals surface area (Å²) in [7, 11) is 0. The first kappa shape index (κ1) is 18.7. The normalized spacial score (nSPS) is 20.4. The van der Waals surface area contributed by atoms with Crippen LogP contribution in [0.1, 0.15) is 36.5 Å².